The first kappa shape index (κ1) is 12.9. The van der Waals surface area contributed by atoms with E-state index in [1.165, 1.54) is 12.8 Å². The molecule has 1 aromatic rings. The Bertz CT molecular complexity index is 438. The van der Waals surface area contributed by atoms with E-state index in [2.05, 4.69) is 4.90 Å². The molecule has 4 nitrogen and oxygen atoms in total. The van der Waals surface area contributed by atoms with Crippen molar-refractivity contribution in [1.82, 2.24) is 4.90 Å². The Morgan fingerprint density at radius 2 is 2.32 bits per heavy atom. The molecule has 0 amide bonds. The first-order valence-electron chi connectivity index (χ1n) is 7.13. The van der Waals surface area contributed by atoms with Crippen LogP contribution in [-0.4, -0.2) is 41.8 Å². The van der Waals surface area contributed by atoms with Gasteiger partial charge >= 0.3 is 0 Å². The van der Waals surface area contributed by atoms with Gasteiger partial charge in [-0.15, -0.1) is 0 Å². The van der Waals surface area contributed by atoms with Crippen LogP contribution in [0.15, 0.2) is 24.3 Å². The molecule has 19 heavy (non-hydrogen) atoms. The number of morpholine rings is 1. The predicted octanol–water partition coefficient (Wildman–Crippen LogP) is 1.56. The number of β-amino-alcohol motifs (C(OH)–C–C–N with tert-alkyl or cyclic N) is 1. The SMILES string of the molecule is Nc1cccc(C(O)CN2CCOC3CCCC32)c1. The summed E-state index contributed by atoms with van der Waals surface area (Å²) in [4.78, 5) is 2.38. The molecule has 1 aliphatic carbocycles. The van der Waals surface area contributed by atoms with Gasteiger partial charge in [-0.3, -0.25) is 4.90 Å². The average Bonchev–Trinajstić information content (AvgIpc) is 2.88. The fourth-order valence-corrected chi connectivity index (χ4v) is 3.33. The van der Waals surface area contributed by atoms with Gasteiger partial charge in [-0.1, -0.05) is 12.1 Å². The highest BCUT2D eigenvalue weighted by molar-refractivity contribution is 5.41. The number of fused-ring (bicyclic) bond motifs is 1. The number of nitrogens with two attached hydrogens (primary N) is 1. The van der Waals surface area contributed by atoms with Crippen LogP contribution in [0.4, 0.5) is 5.69 Å². The highest BCUT2D eigenvalue weighted by Crippen LogP contribution is 2.31. The lowest BCUT2D eigenvalue weighted by molar-refractivity contribution is -0.0675. The molecule has 2 aliphatic rings. The van der Waals surface area contributed by atoms with Crippen LogP contribution in [0.2, 0.25) is 0 Å². The van der Waals surface area contributed by atoms with E-state index in [0.29, 0.717) is 24.4 Å². The van der Waals surface area contributed by atoms with Gasteiger partial charge in [-0.05, 0) is 37.0 Å². The van der Waals surface area contributed by atoms with E-state index < -0.39 is 6.10 Å². The summed E-state index contributed by atoms with van der Waals surface area (Å²) in [6.45, 7) is 2.37. The van der Waals surface area contributed by atoms with Gasteiger partial charge in [0.2, 0.25) is 0 Å². The van der Waals surface area contributed by atoms with Crippen molar-refractivity contribution in [2.45, 2.75) is 37.5 Å². The van der Waals surface area contributed by atoms with E-state index in [0.717, 1.165) is 25.1 Å². The molecule has 2 fully saturated rings. The summed E-state index contributed by atoms with van der Waals surface area (Å²) < 4.78 is 5.80. The molecule has 3 unspecified atom stereocenters. The van der Waals surface area contributed by atoms with Gasteiger partial charge in [0.05, 0.1) is 18.8 Å². The van der Waals surface area contributed by atoms with Crippen LogP contribution in [-0.2, 0) is 4.74 Å². The standard InChI is InChI=1S/C15H22N2O2/c16-12-4-1-3-11(9-12)14(18)10-17-7-8-19-15-6-2-5-13(15)17/h1,3-4,9,13-15,18H,2,5-8,10,16H2. The number of nitrogens with zero attached hydrogens (tertiary/aromatic N) is 1. The smallest absolute Gasteiger partial charge is 0.0917 e. The maximum Gasteiger partial charge on any atom is 0.0917 e. The summed E-state index contributed by atoms with van der Waals surface area (Å²) in [6.07, 6.45) is 3.49. The number of hydrogen-bond donors (Lipinski definition) is 2. The van der Waals surface area contributed by atoms with Gasteiger partial charge in [0.15, 0.2) is 0 Å². The number of aliphatic hydroxyl groups excluding tert-OH is 1. The average molecular weight is 262 g/mol. The van der Waals surface area contributed by atoms with Crippen LogP contribution >= 0.6 is 0 Å². The number of benzene rings is 1. The molecule has 0 bridgehead atoms. The van der Waals surface area contributed by atoms with Crippen molar-refractivity contribution in [2.75, 3.05) is 25.4 Å². The first-order chi connectivity index (χ1) is 9.24. The number of ether oxygens (including phenoxy) is 1. The fourth-order valence-electron chi connectivity index (χ4n) is 3.33. The molecule has 1 aliphatic heterocycles. The van der Waals surface area contributed by atoms with Crippen molar-refractivity contribution in [3.63, 3.8) is 0 Å². The van der Waals surface area contributed by atoms with E-state index in [1.807, 2.05) is 24.3 Å². The molecular weight excluding hydrogens is 240 g/mol. The van der Waals surface area contributed by atoms with Crippen molar-refractivity contribution in [1.29, 1.82) is 0 Å². The van der Waals surface area contributed by atoms with Crippen LogP contribution in [0.5, 0.6) is 0 Å². The maximum absolute atomic E-state index is 10.4. The summed E-state index contributed by atoms with van der Waals surface area (Å²) in [5.41, 5.74) is 7.38. The highest BCUT2D eigenvalue weighted by Gasteiger charge is 2.36. The van der Waals surface area contributed by atoms with E-state index in [9.17, 15) is 5.11 Å². The number of aliphatic hydroxyl groups is 1. The lowest BCUT2D eigenvalue weighted by Crippen LogP contribution is -2.49. The minimum absolute atomic E-state index is 0.377. The number of hydrogen-bond acceptors (Lipinski definition) is 4. The first-order valence-corrected chi connectivity index (χ1v) is 7.13. The Morgan fingerprint density at radius 1 is 1.42 bits per heavy atom. The van der Waals surface area contributed by atoms with Crippen LogP contribution in [0.25, 0.3) is 0 Å². The van der Waals surface area contributed by atoms with Gasteiger partial charge < -0.3 is 15.6 Å². The van der Waals surface area contributed by atoms with Crippen LogP contribution in [0.1, 0.15) is 30.9 Å². The molecule has 1 aromatic carbocycles. The maximum atomic E-state index is 10.4. The van der Waals surface area contributed by atoms with Gasteiger partial charge in [-0.25, -0.2) is 0 Å². The second-order valence-electron chi connectivity index (χ2n) is 5.59. The molecule has 0 radical (unpaired) electrons. The van der Waals surface area contributed by atoms with Crippen LogP contribution in [0, 0.1) is 0 Å². The molecule has 1 saturated carbocycles. The van der Waals surface area contributed by atoms with E-state index in [1.54, 1.807) is 0 Å². The highest BCUT2D eigenvalue weighted by atomic mass is 16.5. The Labute approximate surface area is 114 Å². The summed E-state index contributed by atoms with van der Waals surface area (Å²) >= 11 is 0. The van der Waals surface area contributed by atoms with Crippen LogP contribution in [0.3, 0.4) is 0 Å². The third-order valence-electron chi connectivity index (χ3n) is 4.30. The lowest BCUT2D eigenvalue weighted by atomic mass is 10.1. The summed E-state index contributed by atoms with van der Waals surface area (Å²) in [7, 11) is 0. The molecule has 1 heterocycles. The molecule has 3 rings (SSSR count). The second-order valence-corrected chi connectivity index (χ2v) is 5.59. The minimum atomic E-state index is -0.470. The van der Waals surface area contributed by atoms with E-state index in [-0.39, 0.29) is 0 Å². The van der Waals surface area contributed by atoms with Crippen molar-refractivity contribution < 1.29 is 9.84 Å². The summed E-state index contributed by atoms with van der Waals surface area (Å²) in [6, 6.07) is 8.03. The summed E-state index contributed by atoms with van der Waals surface area (Å²) in [5.74, 6) is 0. The Hall–Kier alpha value is -1.10. The molecule has 0 spiro atoms. The van der Waals surface area contributed by atoms with Crippen molar-refractivity contribution in [3.8, 4) is 0 Å². The Balaban J connectivity index is 1.67. The number of nitrogen functional groups attached to an aromatic ring is 1. The topological polar surface area (TPSA) is 58.7 Å². The molecule has 0 aromatic heterocycles. The predicted molar refractivity (Wildman–Crippen MR) is 74.8 cm³/mol. The zero-order valence-electron chi connectivity index (χ0n) is 11.2. The minimum Gasteiger partial charge on any atom is -0.399 e. The molecule has 3 N–H and O–H groups in total. The van der Waals surface area contributed by atoms with Crippen molar-refractivity contribution >= 4 is 5.69 Å². The van der Waals surface area contributed by atoms with Gasteiger partial charge in [0.1, 0.15) is 0 Å². The molecule has 1 saturated heterocycles. The zero-order chi connectivity index (χ0) is 13.2. The summed E-state index contributed by atoms with van der Waals surface area (Å²) in [5, 5.41) is 10.4. The van der Waals surface area contributed by atoms with Crippen molar-refractivity contribution in [2.24, 2.45) is 0 Å². The quantitative estimate of drug-likeness (QED) is 0.812. The van der Waals surface area contributed by atoms with Crippen LogP contribution < -0.4 is 5.73 Å². The zero-order valence-corrected chi connectivity index (χ0v) is 11.2. The van der Waals surface area contributed by atoms with E-state index in [4.69, 9.17) is 10.5 Å². The number of anilines is 1. The van der Waals surface area contributed by atoms with Crippen molar-refractivity contribution in [3.05, 3.63) is 29.8 Å². The van der Waals surface area contributed by atoms with E-state index >= 15 is 0 Å². The monoisotopic (exact) mass is 262 g/mol. The number of rotatable bonds is 3. The third-order valence-corrected chi connectivity index (χ3v) is 4.30. The molecule has 4 heteroatoms. The fraction of sp³-hybridized carbons (Fsp3) is 0.600. The second kappa shape index (κ2) is 5.49. The third kappa shape index (κ3) is 2.76. The molecule has 104 valence electrons. The molecular formula is C15H22N2O2. The Kier molecular flexibility index (Phi) is 3.73. The Morgan fingerprint density at radius 3 is 3.16 bits per heavy atom. The normalized spacial score (nSPS) is 29.1. The van der Waals surface area contributed by atoms with Gasteiger partial charge in [0, 0.05) is 24.8 Å². The molecule has 3 atom stereocenters. The van der Waals surface area contributed by atoms with Gasteiger partial charge in [-0.2, -0.15) is 0 Å². The lowest BCUT2D eigenvalue weighted by Gasteiger charge is -2.38. The van der Waals surface area contributed by atoms with Gasteiger partial charge in [0.25, 0.3) is 0 Å². The largest absolute Gasteiger partial charge is 0.399 e.